The first-order valence-electron chi connectivity index (χ1n) is 34.6. The van der Waals surface area contributed by atoms with Crippen molar-refractivity contribution < 1.29 is 19.1 Å². The third kappa shape index (κ3) is 15.9. The number of likely N-dealkylation sites (N-methyl/N-ethyl adjacent to an activating group) is 1. The average molecular weight is 1330 g/mol. The van der Waals surface area contributed by atoms with Gasteiger partial charge in [-0.15, -0.1) is 0 Å². The van der Waals surface area contributed by atoms with Crippen molar-refractivity contribution in [3.05, 3.63) is 247 Å². The number of anilines is 10. The summed E-state index contributed by atoms with van der Waals surface area (Å²) in [6.07, 6.45) is 17.8. The number of piperazine rings is 1. The van der Waals surface area contributed by atoms with Crippen LogP contribution in [0.3, 0.4) is 0 Å². The Hall–Kier alpha value is -11.1. The minimum absolute atomic E-state index is 0.235. The Balaban J connectivity index is 0.000000134. The average Bonchev–Trinajstić information content (AvgIpc) is 0.971. The number of amides is 2. The van der Waals surface area contributed by atoms with Crippen molar-refractivity contribution in [1.82, 2.24) is 20.3 Å². The topological polar surface area (TPSA) is 227 Å². The van der Waals surface area contributed by atoms with Gasteiger partial charge < -0.3 is 62.6 Å². The summed E-state index contributed by atoms with van der Waals surface area (Å²) < 4.78 is 10.6. The highest BCUT2D eigenvalue weighted by atomic mass is 16.5. The van der Waals surface area contributed by atoms with Gasteiger partial charge in [-0.1, -0.05) is 134 Å². The van der Waals surface area contributed by atoms with Crippen molar-refractivity contribution in [3.63, 3.8) is 0 Å². The molecule has 508 valence electrons. The summed E-state index contributed by atoms with van der Waals surface area (Å²) in [5, 5.41) is 14.6. The maximum atomic E-state index is 13.1. The number of rotatable bonds is 19. The van der Waals surface area contributed by atoms with Gasteiger partial charge in [0.1, 0.15) is 5.82 Å². The molecule has 3 fully saturated rings. The van der Waals surface area contributed by atoms with E-state index in [1.807, 2.05) is 109 Å². The third-order valence-electron chi connectivity index (χ3n) is 19.2. The fourth-order valence-electron chi connectivity index (χ4n) is 13.6. The van der Waals surface area contributed by atoms with Crippen LogP contribution in [0.2, 0.25) is 0 Å². The molecule has 2 saturated carbocycles. The Morgan fingerprint density at radius 2 is 1.18 bits per heavy atom. The highest BCUT2D eigenvalue weighted by molar-refractivity contribution is 6.08. The summed E-state index contributed by atoms with van der Waals surface area (Å²) in [6.45, 7) is 6.88. The first-order valence-corrected chi connectivity index (χ1v) is 34.6. The molecule has 2 aliphatic heterocycles. The molecular weight excluding hydrogens is 1240 g/mol. The Morgan fingerprint density at radius 3 is 1.84 bits per heavy atom. The van der Waals surface area contributed by atoms with Crippen molar-refractivity contribution in [2.45, 2.75) is 56.8 Å². The van der Waals surface area contributed by atoms with Gasteiger partial charge in [0.2, 0.25) is 0 Å². The zero-order valence-corrected chi connectivity index (χ0v) is 57.1. The molecular formula is C83H87N13O4. The molecule has 11 aromatic rings. The van der Waals surface area contributed by atoms with Crippen LogP contribution in [-0.2, 0) is 15.9 Å². The SMILES string of the molecule is COCCN(C)c1ccc2c(c1C1CCCC1)N(c1cc(-c3ccccc3)ccc1N)C=CC2.COCCNc1cc2ncc(C(=O)Nc3cc(-c4ccccc4)ccc3N)cc2cc1C1CC1.Nc1ncc(-c2ccccc2)cc1NC(=O)c1cnc2cc(N3CCNCC3)ccc2c1. The monoisotopic (exact) mass is 1330 g/mol. The van der Waals surface area contributed by atoms with Crippen LogP contribution in [0.25, 0.3) is 55.2 Å². The van der Waals surface area contributed by atoms with Gasteiger partial charge in [-0.05, 0) is 156 Å². The molecule has 100 heavy (non-hydrogen) atoms. The van der Waals surface area contributed by atoms with Crippen molar-refractivity contribution in [3.8, 4) is 33.4 Å². The molecule has 17 nitrogen and oxygen atoms in total. The minimum Gasteiger partial charge on any atom is -0.397 e. The van der Waals surface area contributed by atoms with E-state index < -0.39 is 0 Å². The van der Waals surface area contributed by atoms with Crippen LogP contribution in [0, 0.1) is 0 Å². The van der Waals surface area contributed by atoms with E-state index in [0.717, 1.165) is 112 Å². The molecule has 1 saturated heterocycles. The van der Waals surface area contributed by atoms with Crippen molar-refractivity contribution >= 4 is 90.6 Å². The zero-order valence-electron chi connectivity index (χ0n) is 57.1. The van der Waals surface area contributed by atoms with Gasteiger partial charge in [-0.25, -0.2) is 4.98 Å². The second-order valence-electron chi connectivity index (χ2n) is 26.0. The third-order valence-corrected chi connectivity index (χ3v) is 19.2. The van der Waals surface area contributed by atoms with Crippen LogP contribution in [0.15, 0.2) is 219 Å². The number of carbonyl (C=O) groups is 2. The van der Waals surface area contributed by atoms with Gasteiger partial charge in [0.05, 0.1) is 69.5 Å². The lowest BCUT2D eigenvalue weighted by atomic mass is 9.88. The van der Waals surface area contributed by atoms with Crippen LogP contribution in [0.4, 0.5) is 57.0 Å². The normalized spacial score (nSPS) is 14.2. The summed E-state index contributed by atoms with van der Waals surface area (Å²) in [6, 6.07) is 63.1. The number of nitrogens with one attached hydrogen (secondary N) is 4. The zero-order chi connectivity index (χ0) is 68.9. The van der Waals surface area contributed by atoms with E-state index in [1.165, 1.54) is 77.7 Å². The molecule has 0 radical (unpaired) electrons. The lowest BCUT2D eigenvalue weighted by Gasteiger charge is -2.35. The first kappa shape index (κ1) is 67.5. The van der Waals surface area contributed by atoms with Gasteiger partial charge >= 0.3 is 0 Å². The number of pyridine rings is 3. The highest BCUT2D eigenvalue weighted by Crippen LogP contribution is 2.50. The highest BCUT2D eigenvalue weighted by Gasteiger charge is 2.31. The molecule has 10 N–H and O–H groups in total. The van der Waals surface area contributed by atoms with E-state index >= 15 is 0 Å². The van der Waals surface area contributed by atoms with Crippen LogP contribution < -0.4 is 53.2 Å². The molecule has 15 rings (SSSR count). The Bertz CT molecular complexity index is 4710. The number of nitrogens with zero attached hydrogens (tertiary/aromatic N) is 6. The number of ether oxygens (including phenoxy) is 2. The Kier molecular flexibility index (Phi) is 21.3. The lowest BCUT2D eigenvalue weighted by molar-refractivity contribution is 0.101. The summed E-state index contributed by atoms with van der Waals surface area (Å²) in [4.78, 5) is 46.4. The first-order chi connectivity index (χ1) is 49.0. The Labute approximate surface area is 585 Å². The molecule has 5 heterocycles. The van der Waals surface area contributed by atoms with Crippen molar-refractivity contribution in [2.75, 3.05) is 122 Å². The number of nitrogens with two attached hydrogens (primary N) is 3. The predicted molar refractivity (Wildman–Crippen MR) is 411 cm³/mol. The van der Waals surface area contributed by atoms with Crippen LogP contribution >= 0.6 is 0 Å². The second-order valence-corrected chi connectivity index (χ2v) is 26.0. The lowest BCUT2D eigenvalue weighted by Crippen LogP contribution is -2.43. The van der Waals surface area contributed by atoms with Crippen molar-refractivity contribution in [2.24, 2.45) is 0 Å². The maximum Gasteiger partial charge on any atom is 0.257 e. The summed E-state index contributed by atoms with van der Waals surface area (Å²) in [5.41, 5.74) is 40.3. The van der Waals surface area contributed by atoms with Crippen LogP contribution in [0.1, 0.15) is 87.8 Å². The molecule has 4 aliphatic rings. The van der Waals surface area contributed by atoms with Gasteiger partial charge in [0.15, 0.2) is 0 Å². The number of nitrogen functional groups attached to an aromatic ring is 3. The van der Waals surface area contributed by atoms with Gasteiger partial charge in [0.25, 0.3) is 11.8 Å². The number of hydrogen-bond donors (Lipinski definition) is 7. The van der Waals surface area contributed by atoms with Gasteiger partial charge in [-0.3, -0.25) is 19.6 Å². The van der Waals surface area contributed by atoms with Gasteiger partial charge in [0, 0.05) is 124 Å². The van der Waals surface area contributed by atoms with Crippen LogP contribution in [-0.4, -0.2) is 101 Å². The summed E-state index contributed by atoms with van der Waals surface area (Å²) in [5.74, 6) is 0.897. The number of benzene rings is 8. The molecule has 0 spiro atoms. The number of hydrogen-bond acceptors (Lipinski definition) is 15. The molecule has 0 unspecified atom stereocenters. The van der Waals surface area contributed by atoms with E-state index in [9.17, 15) is 9.59 Å². The largest absolute Gasteiger partial charge is 0.397 e. The molecule has 8 aromatic carbocycles. The summed E-state index contributed by atoms with van der Waals surface area (Å²) >= 11 is 0. The number of fused-ring (bicyclic) bond motifs is 3. The molecule has 0 atom stereocenters. The smallest absolute Gasteiger partial charge is 0.257 e. The number of carbonyl (C=O) groups excluding carboxylic acids is 2. The number of allylic oxidation sites excluding steroid dienone is 1. The second kappa shape index (κ2) is 31.6. The minimum atomic E-state index is -0.274. The fraction of sp³-hybridized carbons (Fsp3) is 0.241. The van der Waals surface area contributed by atoms with E-state index in [2.05, 4.69) is 149 Å². The molecule has 17 heteroatoms. The van der Waals surface area contributed by atoms with E-state index in [1.54, 1.807) is 32.8 Å². The fourth-order valence-corrected chi connectivity index (χ4v) is 13.6. The number of aromatic nitrogens is 3. The van der Waals surface area contributed by atoms with E-state index in [0.29, 0.717) is 53.2 Å². The molecule has 3 aromatic heterocycles. The Morgan fingerprint density at radius 1 is 0.570 bits per heavy atom. The van der Waals surface area contributed by atoms with Crippen molar-refractivity contribution in [1.29, 1.82) is 0 Å². The molecule has 2 aliphatic carbocycles. The van der Waals surface area contributed by atoms with E-state index in [4.69, 9.17) is 26.7 Å². The number of methoxy groups -OCH3 is 2. The van der Waals surface area contributed by atoms with Crippen LogP contribution in [0.5, 0.6) is 0 Å². The quantitative estimate of drug-likeness (QED) is 0.0295. The van der Waals surface area contributed by atoms with Gasteiger partial charge in [-0.2, -0.15) is 0 Å². The summed E-state index contributed by atoms with van der Waals surface area (Å²) in [7, 11) is 5.66. The molecule has 0 bridgehead atoms. The standard InChI is InChI=1S/C30H35N3O.C28H28N4O2.C25H24N6O/c1-32(19-20-34-2)27-17-15-24-13-8-18-33(30(24)29(27)23-11-6-7-12-23)28-21-25(14-16-26(28)31)22-9-4-3-5-10-22;1-34-12-11-30-26-16-25-21(14-23(26)19-7-8-19)13-22(17-31-25)28(33)32-27-15-20(9-10-24(27)29)18-5-3-2-4-6-18;26-24-23(13-19(15-29-24)17-4-2-1-3-5-17)30-25(32)20-12-18-6-7-21(14-22(18)28-16-20)31-10-8-27-9-11-31/h3-5,8-10,14-18,21,23H,6-7,11-13,19-20,31H2,1-2H3;2-6,9-10,13-17,19,30H,7-8,11-12,29H2,1H3,(H,32,33);1-7,12-16,27H,8-11H2,(H2,26,29)(H,30,32). The molecule has 2 amide bonds. The maximum absolute atomic E-state index is 13.1. The van der Waals surface area contributed by atoms with E-state index in [-0.39, 0.29) is 17.6 Å². The predicted octanol–water partition coefficient (Wildman–Crippen LogP) is 16.1.